The molecule has 1 amide bonds. The van der Waals surface area contributed by atoms with Gasteiger partial charge in [0.25, 0.3) is 0 Å². The Kier molecular flexibility index (Phi) is 4.70. The number of hydrogen-bond donors (Lipinski definition) is 2. The highest BCUT2D eigenvalue weighted by atomic mass is 19.1. The Morgan fingerprint density at radius 1 is 1.39 bits per heavy atom. The molecule has 0 radical (unpaired) electrons. The number of nitrogens with zero attached hydrogens (tertiary/aromatic N) is 4. The third-order valence-corrected chi connectivity index (χ3v) is 4.63. The van der Waals surface area contributed by atoms with Crippen LogP contribution in [-0.4, -0.2) is 45.2 Å². The predicted octanol–water partition coefficient (Wildman–Crippen LogP) is 0.608. The topological polar surface area (TPSA) is 121 Å². The molecule has 28 heavy (non-hydrogen) atoms. The fraction of sp³-hybridized carbons (Fsp3) is 0.278. The summed E-state index contributed by atoms with van der Waals surface area (Å²) in [7, 11) is 0. The highest BCUT2D eigenvalue weighted by Crippen LogP contribution is 2.30. The second-order valence-electron chi connectivity index (χ2n) is 6.72. The molecule has 0 unspecified atom stereocenters. The summed E-state index contributed by atoms with van der Waals surface area (Å²) in [5, 5.41) is 16.9. The number of nitrogen functional groups attached to an aromatic ring is 1. The van der Waals surface area contributed by atoms with Crippen LogP contribution in [0.15, 0.2) is 36.8 Å². The van der Waals surface area contributed by atoms with Gasteiger partial charge >= 0.3 is 0 Å². The standard InChI is InChI=1S/C18H19FN6O3/c19-14-5-13(20)1-2-15(14)28-17-16-12(3-4-25(16)23-10-22-17)9-24-7-11(8-24)6-21-18(26)27/h1-5,10-11,21H,6-9,20H2,(H,26,27)/p-1. The van der Waals surface area contributed by atoms with Crippen LogP contribution >= 0.6 is 0 Å². The molecule has 4 rings (SSSR count). The number of nitrogens with two attached hydrogens (primary N) is 1. The van der Waals surface area contributed by atoms with Crippen molar-refractivity contribution in [3.8, 4) is 11.6 Å². The number of amides is 1. The van der Waals surface area contributed by atoms with Gasteiger partial charge in [-0.1, -0.05) is 0 Å². The number of carbonyl (C=O) groups excluding carboxylic acids is 1. The lowest BCUT2D eigenvalue weighted by Gasteiger charge is -2.39. The van der Waals surface area contributed by atoms with Crippen molar-refractivity contribution >= 4 is 17.3 Å². The van der Waals surface area contributed by atoms with Gasteiger partial charge in [0.05, 0.1) is 0 Å². The maximum atomic E-state index is 14.1. The lowest BCUT2D eigenvalue weighted by molar-refractivity contribution is -0.251. The molecule has 0 aliphatic carbocycles. The molecule has 0 spiro atoms. The van der Waals surface area contributed by atoms with E-state index >= 15 is 0 Å². The lowest BCUT2D eigenvalue weighted by atomic mass is 9.99. The molecule has 9 nitrogen and oxygen atoms in total. The summed E-state index contributed by atoms with van der Waals surface area (Å²) in [5.74, 6) is -0.0489. The number of carboxylic acid groups (broad SMARTS) is 1. The number of rotatable bonds is 6. The van der Waals surface area contributed by atoms with Crippen LogP contribution in [0.3, 0.4) is 0 Å². The molecule has 1 fully saturated rings. The Morgan fingerprint density at radius 3 is 2.96 bits per heavy atom. The maximum absolute atomic E-state index is 14.1. The molecule has 0 bridgehead atoms. The number of fused-ring (bicyclic) bond motifs is 1. The summed E-state index contributed by atoms with van der Waals surface area (Å²) < 4.78 is 21.4. The van der Waals surface area contributed by atoms with E-state index in [2.05, 4.69) is 20.3 Å². The van der Waals surface area contributed by atoms with Gasteiger partial charge in [0.2, 0.25) is 5.88 Å². The van der Waals surface area contributed by atoms with Gasteiger partial charge in [-0.15, -0.1) is 0 Å². The van der Waals surface area contributed by atoms with E-state index in [0.29, 0.717) is 24.3 Å². The van der Waals surface area contributed by atoms with Crippen LogP contribution in [0, 0.1) is 11.7 Å². The zero-order valence-electron chi connectivity index (χ0n) is 14.8. The zero-order chi connectivity index (χ0) is 19.7. The number of hydrogen-bond acceptors (Lipinski definition) is 7. The summed E-state index contributed by atoms with van der Waals surface area (Å²) in [6.45, 7) is 2.51. The first-order valence-corrected chi connectivity index (χ1v) is 8.71. The molecule has 1 aromatic carbocycles. The molecule has 0 saturated carbocycles. The summed E-state index contributed by atoms with van der Waals surface area (Å²) in [6.07, 6.45) is 1.87. The minimum atomic E-state index is -1.26. The third kappa shape index (κ3) is 3.67. The van der Waals surface area contributed by atoms with Gasteiger partial charge in [0.1, 0.15) is 17.9 Å². The van der Waals surface area contributed by atoms with Crippen molar-refractivity contribution in [1.29, 1.82) is 0 Å². The normalized spacial score (nSPS) is 14.8. The minimum absolute atomic E-state index is 0.0271. The van der Waals surface area contributed by atoms with Crippen molar-refractivity contribution in [2.24, 2.45) is 5.92 Å². The minimum Gasteiger partial charge on any atom is -0.530 e. The van der Waals surface area contributed by atoms with Gasteiger partial charge < -0.3 is 25.7 Å². The van der Waals surface area contributed by atoms with Crippen molar-refractivity contribution in [1.82, 2.24) is 24.8 Å². The Bertz CT molecular complexity index is 1020. The van der Waals surface area contributed by atoms with Crippen LogP contribution in [0.2, 0.25) is 0 Å². The van der Waals surface area contributed by atoms with Crippen molar-refractivity contribution in [2.45, 2.75) is 6.54 Å². The summed E-state index contributed by atoms with van der Waals surface area (Å²) in [4.78, 5) is 16.8. The number of aromatic nitrogens is 3. The van der Waals surface area contributed by atoms with Crippen LogP contribution in [0.4, 0.5) is 14.9 Å². The SMILES string of the molecule is Nc1ccc(Oc2ncnn3ccc(CN4CC(CNC(=O)[O-])C4)c23)c(F)c1. The van der Waals surface area contributed by atoms with Gasteiger partial charge in [-0.3, -0.25) is 4.90 Å². The second kappa shape index (κ2) is 7.31. The lowest BCUT2D eigenvalue weighted by Crippen LogP contribution is -2.52. The molecule has 3 aromatic rings. The molecule has 3 N–H and O–H groups in total. The summed E-state index contributed by atoms with van der Waals surface area (Å²) in [5.41, 5.74) is 7.46. The van der Waals surface area contributed by atoms with E-state index in [-0.39, 0.29) is 17.5 Å². The molecule has 1 saturated heterocycles. The molecule has 3 heterocycles. The van der Waals surface area contributed by atoms with E-state index in [4.69, 9.17) is 10.5 Å². The molecule has 1 aliphatic heterocycles. The average Bonchev–Trinajstić information content (AvgIpc) is 3.03. The molecule has 0 atom stereocenters. The van der Waals surface area contributed by atoms with Crippen LogP contribution in [0.5, 0.6) is 11.6 Å². The fourth-order valence-electron chi connectivity index (χ4n) is 3.30. The molecule has 10 heteroatoms. The van der Waals surface area contributed by atoms with Gasteiger partial charge in [-0.2, -0.15) is 10.1 Å². The van der Waals surface area contributed by atoms with Crippen molar-refractivity contribution in [3.63, 3.8) is 0 Å². The number of benzene rings is 1. The first kappa shape index (κ1) is 18.0. The number of nitrogens with one attached hydrogen (secondary N) is 1. The first-order chi connectivity index (χ1) is 13.5. The predicted molar refractivity (Wildman–Crippen MR) is 96.0 cm³/mol. The Labute approximate surface area is 159 Å². The van der Waals surface area contributed by atoms with Gasteiger partial charge in [-0.25, -0.2) is 8.91 Å². The quantitative estimate of drug-likeness (QED) is 0.596. The molecular weight excluding hydrogens is 367 g/mol. The van der Waals surface area contributed by atoms with Crippen LogP contribution < -0.4 is 20.9 Å². The van der Waals surface area contributed by atoms with Gasteiger partial charge in [-0.05, 0) is 23.8 Å². The van der Waals surface area contributed by atoms with Crippen LogP contribution in [0.1, 0.15) is 5.56 Å². The number of carbonyl (C=O) groups is 1. The maximum Gasteiger partial charge on any atom is 0.247 e. The van der Waals surface area contributed by atoms with E-state index in [1.807, 2.05) is 6.07 Å². The summed E-state index contributed by atoms with van der Waals surface area (Å²) >= 11 is 0. The first-order valence-electron chi connectivity index (χ1n) is 8.71. The summed E-state index contributed by atoms with van der Waals surface area (Å²) in [6, 6.07) is 6.10. The fourth-order valence-corrected chi connectivity index (χ4v) is 3.30. The van der Waals surface area contributed by atoms with Crippen LogP contribution in [-0.2, 0) is 6.54 Å². The number of likely N-dealkylation sites (tertiary alicyclic amines) is 1. The average molecular weight is 385 g/mol. The largest absolute Gasteiger partial charge is 0.530 e. The Morgan fingerprint density at radius 2 is 2.21 bits per heavy atom. The Hall–Kier alpha value is -3.40. The van der Waals surface area contributed by atoms with Crippen molar-refractivity contribution in [2.75, 3.05) is 25.4 Å². The van der Waals surface area contributed by atoms with Crippen molar-refractivity contribution in [3.05, 3.63) is 48.2 Å². The molecular formula is C18H18FN6O3-. The molecule has 146 valence electrons. The van der Waals surface area contributed by atoms with E-state index in [1.54, 1.807) is 16.8 Å². The third-order valence-electron chi connectivity index (χ3n) is 4.63. The molecule has 2 aromatic heterocycles. The highest BCUT2D eigenvalue weighted by Gasteiger charge is 2.27. The highest BCUT2D eigenvalue weighted by molar-refractivity contribution is 5.63. The van der Waals surface area contributed by atoms with Gasteiger partial charge in [0, 0.05) is 50.0 Å². The Balaban J connectivity index is 1.50. The van der Waals surface area contributed by atoms with E-state index < -0.39 is 11.9 Å². The van der Waals surface area contributed by atoms with E-state index in [0.717, 1.165) is 18.7 Å². The van der Waals surface area contributed by atoms with E-state index in [9.17, 15) is 14.3 Å². The smallest absolute Gasteiger partial charge is 0.247 e. The van der Waals surface area contributed by atoms with Crippen molar-refractivity contribution < 1.29 is 19.0 Å². The van der Waals surface area contributed by atoms with E-state index in [1.165, 1.54) is 18.5 Å². The van der Waals surface area contributed by atoms with Gasteiger partial charge in [0.15, 0.2) is 11.6 Å². The number of anilines is 1. The number of halogens is 1. The number of ether oxygens (including phenoxy) is 1. The molecule has 1 aliphatic rings. The zero-order valence-corrected chi connectivity index (χ0v) is 14.8. The van der Waals surface area contributed by atoms with Crippen LogP contribution in [0.25, 0.3) is 5.52 Å². The second-order valence-corrected chi connectivity index (χ2v) is 6.72. The monoisotopic (exact) mass is 385 g/mol.